The molecule has 0 aliphatic heterocycles. The van der Waals surface area contributed by atoms with Crippen molar-refractivity contribution in [2.75, 3.05) is 19.5 Å². The van der Waals surface area contributed by atoms with Gasteiger partial charge in [-0.25, -0.2) is 5.43 Å². The van der Waals surface area contributed by atoms with Crippen molar-refractivity contribution in [2.45, 2.75) is 13.3 Å². The lowest BCUT2D eigenvalue weighted by Crippen LogP contribution is -2.21. The van der Waals surface area contributed by atoms with Crippen molar-refractivity contribution in [3.63, 3.8) is 0 Å². The SMILES string of the molecule is COc1ccc(C(=O)N/N=C(/C)CC(=O)Nc2ccccc2Cl)cc1OC. The largest absolute Gasteiger partial charge is 0.493 e. The Bertz CT molecular complexity index is 868. The summed E-state index contributed by atoms with van der Waals surface area (Å²) in [4.78, 5) is 24.3. The molecule has 0 radical (unpaired) electrons. The quantitative estimate of drug-likeness (QED) is 0.560. The van der Waals surface area contributed by atoms with Gasteiger partial charge in [-0.15, -0.1) is 0 Å². The smallest absolute Gasteiger partial charge is 0.271 e. The van der Waals surface area contributed by atoms with E-state index in [0.29, 0.717) is 33.5 Å². The first kappa shape index (κ1) is 20.3. The molecule has 8 heteroatoms. The number of methoxy groups -OCH3 is 2. The van der Waals surface area contributed by atoms with Gasteiger partial charge in [-0.3, -0.25) is 9.59 Å². The summed E-state index contributed by atoms with van der Waals surface area (Å²) in [5.41, 5.74) is 3.72. The monoisotopic (exact) mass is 389 g/mol. The molecule has 2 N–H and O–H groups in total. The second-order valence-electron chi connectivity index (χ2n) is 5.56. The highest BCUT2D eigenvalue weighted by molar-refractivity contribution is 6.33. The third-order valence-electron chi connectivity index (χ3n) is 3.56. The maximum atomic E-state index is 12.2. The molecule has 0 spiro atoms. The molecule has 0 aromatic heterocycles. The van der Waals surface area contributed by atoms with Crippen molar-refractivity contribution >= 4 is 34.8 Å². The molecule has 2 rings (SSSR count). The Balaban J connectivity index is 1.95. The highest BCUT2D eigenvalue weighted by Crippen LogP contribution is 2.27. The number of ether oxygens (including phenoxy) is 2. The zero-order chi connectivity index (χ0) is 19.8. The first-order valence-electron chi connectivity index (χ1n) is 8.04. The normalized spacial score (nSPS) is 10.9. The van der Waals surface area contributed by atoms with Crippen LogP contribution in [0.1, 0.15) is 23.7 Å². The summed E-state index contributed by atoms with van der Waals surface area (Å²) in [6.45, 7) is 1.64. The highest BCUT2D eigenvalue weighted by atomic mass is 35.5. The fourth-order valence-electron chi connectivity index (χ4n) is 2.22. The minimum atomic E-state index is -0.429. The number of para-hydroxylation sites is 1. The van der Waals surface area contributed by atoms with E-state index in [-0.39, 0.29) is 12.3 Å². The van der Waals surface area contributed by atoms with Gasteiger partial charge < -0.3 is 14.8 Å². The van der Waals surface area contributed by atoms with Crippen LogP contribution in [0, 0.1) is 0 Å². The Morgan fingerprint density at radius 1 is 1.07 bits per heavy atom. The number of anilines is 1. The number of benzene rings is 2. The van der Waals surface area contributed by atoms with Crippen LogP contribution in [0.5, 0.6) is 11.5 Å². The average Bonchev–Trinajstić information content (AvgIpc) is 2.67. The minimum absolute atomic E-state index is 0.0113. The Kier molecular flexibility index (Phi) is 7.19. The minimum Gasteiger partial charge on any atom is -0.493 e. The summed E-state index contributed by atoms with van der Waals surface area (Å²) in [6, 6.07) is 11.7. The van der Waals surface area contributed by atoms with E-state index in [1.165, 1.54) is 14.2 Å². The molecule has 0 bridgehead atoms. The number of hydrogen-bond donors (Lipinski definition) is 2. The number of hydrazone groups is 1. The Hall–Kier alpha value is -3.06. The summed E-state index contributed by atoms with van der Waals surface area (Å²) >= 11 is 6.00. The van der Waals surface area contributed by atoms with Gasteiger partial charge >= 0.3 is 0 Å². The standard InChI is InChI=1S/C19H20ClN3O4/c1-12(10-18(24)21-15-7-5-4-6-14(15)20)22-23-19(25)13-8-9-16(26-2)17(11-13)27-3/h4-9,11H,10H2,1-3H3,(H,21,24)(H,23,25)/b22-12-. The summed E-state index contributed by atoms with van der Waals surface area (Å²) in [7, 11) is 3.00. The van der Waals surface area contributed by atoms with Crippen molar-refractivity contribution in [1.82, 2.24) is 5.43 Å². The van der Waals surface area contributed by atoms with E-state index in [2.05, 4.69) is 15.8 Å². The molecule has 0 heterocycles. The Morgan fingerprint density at radius 3 is 2.44 bits per heavy atom. The Morgan fingerprint density at radius 2 is 1.78 bits per heavy atom. The number of rotatable bonds is 7. The molecule has 2 amide bonds. The molecule has 7 nitrogen and oxygen atoms in total. The molecule has 0 aliphatic carbocycles. The number of carbonyl (C=O) groups excluding carboxylic acids is 2. The lowest BCUT2D eigenvalue weighted by Gasteiger charge is -2.09. The van der Waals surface area contributed by atoms with Crippen molar-refractivity contribution in [3.8, 4) is 11.5 Å². The summed E-state index contributed by atoms with van der Waals surface area (Å²) in [5.74, 6) is 0.237. The van der Waals surface area contributed by atoms with Gasteiger partial charge in [0.15, 0.2) is 11.5 Å². The van der Waals surface area contributed by atoms with Crippen molar-refractivity contribution < 1.29 is 19.1 Å². The zero-order valence-corrected chi connectivity index (χ0v) is 16.0. The van der Waals surface area contributed by atoms with Crippen LogP contribution in [0.2, 0.25) is 5.02 Å². The maximum Gasteiger partial charge on any atom is 0.271 e. The third kappa shape index (κ3) is 5.72. The molecule has 0 unspecified atom stereocenters. The van der Waals surface area contributed by atoms with E-state index in [1.807, 2.05) is 0 Å². The molecule has 0 fully saturated rings. The van der Waals surface area contributed by atoms with Crippen LogP contribution in [0.25, 0.3) is 0 Å². The molecule has 0 atom stereocenters. The zero-order valence-electron chi connectivity index (χ0n) is 15.2. The van der Waals surface area contributed by atoms with E-state index >= 15 is 0 Å². The first-order valence-corrected chi connectivity index (χ1v) is 8.42. The highest BCUT2D eigenvalue weighted by Gasteiger charge is 2.11. The van der Waals surface area contributed by atoms with Gasteiger partial charge in [0, 0.05) is 11.3 Å². The van der Waals surface area contributed by atoms with Crippen molar-refractivity contribution in [3.05, 3.63) is 53.1 Å². The number of carbonyl (C=O) groups is 2. The molecule has 0 saturated heterocycles. The van der Waals surface area contributed by atoms with E-state index in [1.54, 1.807) is 49.4 Å². The average molecular weight is 390 g/mol. The van der Waals surface area contributed by atoms with Crippen LogP contribution in [-0.2, 0) is 4.79 Å². The summed E-state index contributed by atoms with van der Waals surface area (Å²) in [5, 5.41) is 7.09. The number of hydrogen-bond acceptors (Lipinski definition) is 5. The van der Waals surface area contributed by atoms with Gasteiger partial charge in [0.1, 0.15) is 0 Å². The predicted octanol–water partition coefficient (Wildman–Crippen LogP) is 3.49. The van der Waals surface area contributed by atoms with E-state index in [4.69, 9.17) is 21.1 Å². The van der Waals surface area contributed by atoms with Gasteiger partial charge in [-0.2, -0.15) is 5.10 Å². The summed E-state index contributed by atoms with van der Waals surface area (Å²) < 4.78 is 10.3. The van der Waals surface area contributed by atoms with Crippen molar-refractivity contribution in [2.24, 2.45) is 5.10 Å². The fourth-order valence-corrected chi connectivity index (χ4v) is 2.40. The van der Waals surface area contributed by atoms with Gasteiger partial charge in [0.25, 0.3) is 5.91 Å². The number of nitrogens with one attached hydrogen (secondary N) is 2. The number of amides is 2. The molecular weight excluding hydrogens is 370 g/mol. The van der Waals surface area contributed by atoms with Crippen LogP contribution in [-0.4, -0.2) is 31.7 Å². The van der Waals surface area contributed by atoms with Crippen LogP contribution < -0.4 is 20.2 Å². The summed E-state index contributed by atoms with van der Waals surface area (Å²) in [6.07, 6.45) is 0.0113. The Labute approximate surface area is 162 Å². The molecule has 2 aromatic rings. The van der Waals surface area contributed by atoms with Crippen LogP contribution in [0.4, 0.5) is 5.69 Å². The molecular formula is C19H20ClN3O4. The third-order valence-corrected chi connectivity index (χ3v) is 3.89. The van der Waals surface area contributed by atoms with E-state index in [0.717, 1.165) is 0 Å². The number of nitrogens with zero attached hydrogens (tertiary/aromatic N) is 1. The van der Waals surface area contributed by atoms with E-state index < -0.39 is 5.91 Å². The first-order chi connectivity index (χ1) is 12.9. The van der Waals surface area contributed by atoms with Gasteiger partial charge in [-0.05, 0) is 37.3 Å². The predicted molar refractivity (Wildman–Crippen MR) is 105 cm³/mol. The van der Waals surface area contributed by atoms with Crippen LogP contribution in [0.3, 0.4) is 0 Å². The van der Waals surface area contributed by atoms with Gasteiger partial charge in [0.2, 0.25) is 5.91 Å². The molecule has 27 heavy (non-hydrogen) atoms. The van der Waals surface area contributed by atoms with Crippen LogP contribution in [0.15, 0.2) is 47.6 Å². The van der Waals surface area contributed by atoms with Gasteiger partial charge in [0.05, 0.1) is 31.4 Å². The van der Waals surface area contributed by atoms with Crippen LogP contribution >= 0.6 is 11.6 Å². The second kappa shape index (κ2) is 9.59. The van der Waals surface area contributed by atoms with Crippen molar-refractivity contribution in [1.29, 1.82) is 0 Å². The van der Waals surface area contributed by atoms with E-state index in [9.17, 15) is 9.59 Å². The molecule has 0 saturated carbocycles. The van der Waals surface area contributed by atoms with Gasteiger partial charge in [-0.1, -0.05) is 23.7 Å². The fraction of sp³-hybridized carbons (Fsp3) is 0.211. The lowest BCUT2D eigenvalue weighted by molar-refractivity contribution is -0.115. The topological polar surface area (TPSA) is 89.0 Å². The second-order valence-corrected chi connectivity index (χ2v) is 5.97. The molecule has 0 aliphatic rings. The molecule has 2 aromatic carbocycles. The maximum absolute atomic E-state index is 12.2. The molecule has 142 valence electrons. The lowest BCUT2D eigenvalue weighted by atomic mass is 10.2. The number of halogens is 1.